The maximum atomic E-state index is 11.9. The van der Waals surface area contributed by atoms with Gasteiger partial charge in [0, 0.05) is 10.8 Å². The van der Waals surface area contributed by atoms with Crippen LogP contribution in [0.1, 0.15) is 50.1 Å². The average Bonchev–Trinajstić information content (AvgIpc) is 2.72. The molecule has 0 spiro atoms. The van der Waals surface area contributed by atoms with Gasteiger partial charge < -0.3 is 5.32 Å². The molecule has 0 aliphatic heterocycles. The van der Waals surface area contributed by atoms with E-state index in [1.165, 1.54) is 23.4 Å². The molecule has 0 unspecified atom stereocenters. The van der Waals surface area contributed by atoms with E-state index in [0.717, 1.165) is 30.8 Å². The number of thiazole rings is 1. The Bertz CT molecular complexity index is 373. The highest BCUT2D eigenvalue weighted by molar-refractivity contribution is 7.15. The van der Waals surface area contributed by atoms with E-state index in [9.17, 15) is 4.79 Å². The number of rotatable bonds is 4. The Labute approximate surface area is 107 Å². The second kappa shape index (κ2) is 5.63. The summed E-state index contributed by atoms with van der Waals surface area (Å²) in [5, 5.41) is 3.77. The van der Waals surface area contributed by atoms with Gasteiger partial charge in [0.2, 0.25) is 5.91 Å². The third-order valence-electron chi connectivity index (χ3n) is 3.43. The molecule has 0 fully saturated rings. The molecular formula is C13H20N2OS. The van der Waals surface area contributed by atoms with Crippen LogP contribution in [0.15, 0.2) is 0 Å². The average molecular weight is 252 g/mol. The first-order chi connectivity index (χ1) is 8.24. The molecule has 3 nitrogen and oxygen atoms in total. The summed E-state index contributed by atoms with van der Waals surface area (Å²) in [4.78, 5) is 17.8. The van der Waals surface area contributed by atoms with Crippen LogP contribution in [0.5, 0.6) is 0 Å². The van der Waals surface area contributed by atoms with Gasteiger partial charge in [-0.3, -0.25) is 4.79 Å². The number of carbonyl (C=O) groups is 1. The maximum Gasteiger partial charge on any atom is 0.229 e. The van der Waals surface area contributed by atoms with E-state index >= 15 is 0 Å². The Morgan fingerprint density at radius 2 is 2.06 bits per heavy atom. The van der Waals surface area contributed by atoms with Gasteiger partial charge in [-0.05, 0) is 38.5 Å². The van der Waals surface area contributed by atoms with Crippen LogP contribution in [0, 0.1) is 5.92 Å². The molecule has 1 aliphatic rings. The van der Waals surface area contributed by atoms with Gasteiger partial charge in [0.05, 0.1) is 5.69 Å². The number of aromatic nitrogens is 1. The van der Waals surface area contributed by atoms with Crippen LogP contribution in [0.3, 0.4) is 0 Å². The highest BCUT2D eigenvalue weighted by atomic mass is 32.1. The Morgan fingerprint density at radius 3 is 2.71 bits per heavy atom. The molecule has 1 aromatic rings. The van der Waals surface area contributed by atoms with E-state index in [4.69, 9.17) is 0 Å². The maximum absolute atomic E-state index is 11.9. The Morgan fingerprint density at radius 1 is 1.35 bits per heavy atom. The first kappa shape index (κ1) is 12.6. The molecule has 1 aliphatic carbocycles. The van der Waals surface area contributed by atoms with E-state index < -0.39 is 0 Å². The molecule has 0 saturated carbocycles. The molecule has 0 bridgehead atoms. The lowest BCUT2D eigenvalue weighted by molar-refractivity contribution is -0.120. The highest BCUT2D eigenvalue weighted by Gasteiger charge is 2.19. The molecule has 1 heterocycles. The van der Waals surface area contributed by atoms with Crippen molar-refractivity contribution in [3.63, 3.8) is 0 Å². The molecule has 17 heavy (non-hydrogen) atoms. The summed E-state index contributed by atoms with van der Waals surface area (Å²) in [7, 11) is 0. The van der Waals surface area contributed by atoms with Crippen LogP contribution in [0.4, 0.5) is 5.13 Å². The Kier molecular flexibility index (Phi) is 4.15. The molecule has 0 saturated heterocycles. The highest BCUT2D eigenvalue weighted by Crippen LogP contribution is 2.29. The van der Waals surface area contributed by atoms with Gasteiger partial charge in [0.25, 0.3) is 0 Å². The third-order valence-corrected chi connectivity index (χ3v) is 4.51. The minimum Gasteiger partial charge on any atom is -0.302 e. The summed E-state index contributed by atoms with van der Waals surface area (Å²) in [5.41, 5.74) is 1.21. The summed E-state index contributed by atoms with van der Waals surface area (Å²) in [6.45, 7) is 4.11. The number of carbonyl (C=O) groups excluding carboxylic acids is 1. The van der Waals surface area contributed by atoms with Crippen LogP contribution < -0.4 is 5.32 Å². The smallest absolute Gasteiger partial charge is 0.229 e. The summed E-state index contributed by atoms with van der Waals surface area (Å²) in [6.07, 6.45) is 6.49. The van der Waals surface area contributed by atoms with Crippen LogP contribution in [0.25, 0.3) is 0 Å². The van der Waals surface area contributed by atoms with Crippen LogP contribution in [0.2, 0.25) is 0 Å². The predicted molar refractivity (Wildman–Crippen MR) is 71.5 cm³/mol. The quantitative estimate of drug-likeness (QED) is 0.892. The van der Waals surface area contributed by atoms with Gasteiger partial charge in [0.15, 0.2) is 5.13 Å². The van der Waals surface area contributed by atoms with Crippen LogP contribution in [-0.2, 0) is 17.6 Å². The summed E-state index contributed by atoms with van der Waals surface area (Å²) in [5.74, 6) is 0.247. The second-order valence-corrected chi connectivity index (χ2v) is 5.68. The molecule has 1 amide bonds. The number of aryl methyl sites for hydroxylation is 2. The number of nitrogens with zero attached hydrogens (tertiary/aromatic N) is 1. The zero-order valence-corrected chi connectivity index (χ0v) is 11.4. The molecule has 0 atom stereocenters. The van der Waals surface area contributed by atoms with Crippen molar-refractivity contribution in [2.75, 3.05) is 5.32 Å². The normalized spacial score (nSPS) is 14.8. The lowest BCUT2D eigenvalue weighted by Gasteiger charge is -2.10. The Balaban J connectivity index is 2.03. The van der Waals surface area contributed by atoms with Crippen molar-refractivity contribution >= 4 is 22.4 Å². The fraction of sp³-hybridized carbons (Fsp3) is 0.692. The summed E-state index contributed by atoms with van der Waals surface area (Å²) in [6, 6.07) is 0. The van der Waals surface area contributed by atoms with Crippen molar-refractivity contribution in [3.05, 3.63) is 10.6 Å². The number of hydrogen-bond donors (Lipinski definition) is 1. The molecule has 4 heteroatoms. The molecular weight excluding hydrogens is 232 g/mol. The fourth-order valence-corrected chi connectivity index (χ4v) is 3.33. The largest absolute Gasteiger partial charge is 0.302 e. The minimum atomic E-state index is 0.121. The van der Waals surface area contributed by atoms with Crippen molar-refractivity contribution in [3.8, 4) is 0 Å². The van der Waals surface area contributed by atoms with Gasteiger partial charge >= 0.3 is 0 Å². The predicted octanol–water partition coefficient (Wildman–Crippen LogP) is 3.40. The van der Waals surface area contributed by atoms with Gasteiger partial charge in [-0.25, -0.2) is 4.98 Å². The molecule has 0 radical (unpaired) electrons. The number of amides is 1. The molecule has 2 rings (SSSR count). The number of anilines is 1. The van der Waals surface area contributed by atoms with Crippen LogP contribution in [-0.4, -0.2) is 10.9 Å². The van der Waals surface area contributed by atoms with Crippen LogP contribution >= 0.6 is 11.3 Å². The van der Waals surface area contributed by atoms with Gasteiger partial charge in [-0.1, -0.05) is 13.8 Å². The second-order valence-electron chi connectivity index (χ2n) is 4.60. The lowest BCUT2D eigenvalue weighted by atomic mass is 10.0. The SMILES string of the molecule is CCC(CC)C(=O)Nc1nc2c(s1)CCCC2. The van der Waals surface area contributed by atoms with E-state index in [2.05, 4.69) is 24.1 Å². The minimum absolute atomic E-state index is 0.121. The monoisotopic (exact) mass is 252 g/mol. The molecule has 0 aromatic carbocycles. The Hall–Kier alpha value is -0.900. The number of fused-ring (bicyclic) bond motifs is 1. The molecule has 1 aromatic heterocycles. The van der Waals surface area contributed by atoms with Gasteiger partial charge in [-0.2, -0.15) is 0 Å². The van der Waals surface area contributed by atoms with Crippen molar-refractivity contribution in [2.45, 2.75) is 52.4 Å². The van der Waals surface area contributed by atoms with E-state index in [0.29, 0.717) is 0 Å². The van der Waals surface area contributed by atoms with Crippen molar-refractivity contribution < 1.29 is 4.79 Å². The first-order valence-corrected chi connectivity index (χ1v) is 7.35. The fourth-order valence-electron chi connectivity index (χ4n) is 2.27. The summed E-state index contributed by atoms with van der Waals surface area (Å²) >= 11 is 1.66. The lowest BCUT2D eigenvalue weighted by Crippen LogP contribution is -2.21. The number of hydrogen-bond acceptors (Lipinski definition) is 3. The van der Waals surface area contributed by atoms with Gasteiger partial charge in [0.1, 0.15) is 0 Å². The molecule has 1 N–H and O–H groups in total. The van der Waals surface area contributed by atoms with Gasteiger partial charge in [-0.15, -0.1) is 11.3 Å². The topological polar surface area (TPSA) is 42.0 Å². The third kappa shape index (κ3) is 2.86. The van der Waals surface area contributed by atoms with E-state index in [-0.39, 0.29) is 11.8 Å². The van der Waals surface area contributed by atoms with Crippen molar-refractivity contribution in [1.29, 1.82) is 0 Å². The van der Waals surface area contributed by atoms with E-state index in [1.54, 1.807) is 11.3 Å². The number of nitrogens with one attached hydrogen (secondary N) is 1. The zero-order valence-electron chi connectivity index (χ0n) is 10.6. The molecule has 94 valence electrons. The van der Waals surface area contributed by atoms with Crippen molar-refractivity contribution in [1.82, 2.24) is 4.98 Å². The summed E-state index contributed by atoms with van der Waals surface area (Å²) < 4.78 is 0. The van der Waals surface area contributed by atoms with E-state index in [1.807, 2.05) is 0 Å². The standard InChI is InChI=1S/C13H20N2OS/c1-3-9(4-2)12(16)15-13-14-10-7-5-6-8-11(10)17-13/h9H,3-8H2,1-2H3,(H,14,15,16). The zero-order chi connectivity index (χ0) is 12.3. The first-order valence-electron chi connectivity index (χ1n) is 6.54. The van der Waals surface area contributed by atoms with Crippen molar-refractivity contribution in [2.24, 2.45) is 5.92 Å².